The van der Waals surface area contributed by atoms with Gasteiger partial charge in [-0.05, 0) is 48.0 Å². The molecule has 0 aliphatic rings. The van der Waals surface area contributed by atoms with Crippen LogP contribution in [-0.4, -0.2) is 36.7 Å². The molecule has 0 fully saturated rings. The summed E-state index contributed by atoms with van der Waals surface area (Å²) in [4.78, 5) is 34.5. The Labute approximate surface area is 219 Å². The van der Waals surface area contributed by atoms with Gasteiger partial charge in [0, 0.05) is 17.2 Å². The maximum atomic E-state index is 12.4. The molecule has 0 saturated heterocycles. The molecule has 1 amide bonds. The van der Waals surface area contributed by atoms with Crippen LogP contribution in [0.4, 0.5) is 5.69 Å². The first-order chi connectivity index (χ1) is 17.2. The number of methoxy groups -OCH3 is 1. The van der Waals surface area contributed by atoms with E-state index in [-0.39, 0.29) is 38.5 Å². The number of esters is 1. The molecule has 13 heteroatoms. The van der Waals surface area contributed by atoms with Gasteiger partial charge >= 0.3 is 5.97 Å². The number of hydrazone groups is 1. The molecule has 36 heavy (non-hydrogen) atoms. The Morgan fingerprint density at radius 3 is 2.31 bits per heavy atom. The monoisotopic (exact) mass is 551 g/mol. The van der Waals surface area contributed by atoms with Gasteiger partial charge in [0.25, 0.3) is 11.6 Å². The number of halogens is 3. The zero-order valence-electron chi connectivity index (χ0n) is 18.4. The van der Waals surface area contributed by atoms with Crippen molar-refractivity contribution in [1.82, 2.24) is 5.43 Å². The highest BCUT2D eigenvalue weighted by Crippen LogP contribution is 2.35. The molecule has 3 rings (SSSR count). The van der Waals surface area contributed by atoms with Crippen LogP contribution in [-0.2, 0) is 4.79 Å². The number of non-ortho nitro benzene ring substituents is 1. The van der Waals surface area contributed by atoms with E-state index in [0.717, 1.165) is 0 Å². The topological polar surface area (TPSA) is 129 Å². The van der Waals surface area contributed by atoms with Crippen LogP contribution in [0.3, 0.4) is 0 Å². The molecule has 0 aliphatic carbocycles. The van der Waals surface area contributed by atoms with Crippen LogP contribution in [0.1, 0.15) is 15.9 Å². The molecule has 0 atom stereocenters. The number of benzene rings is 3. The highest BCUT2D eigenvalue weighted by molar-refractivity contribution is 6.40. The lowest BCUT2D eigenvalue weighted by molar-refractivity contribution is -0.384. The molecule has 0 aliphatic heterocycles. The highest BCUT2D eigenvalue weighted by Gasteiger charge is 2.15. The molecule has 3 aromatic carbocycles. The van der Waals surface area contributed by atoms with E-state index in [1.165, 1.54) is 61.9 Å². The Balaban J connectivity index is 1.58. The van der Waals surface area contributed by atoms with Crippen molar-refractivity contribution in [3.05, 3.63) is 90.9 Å². The zero-order chi connectivity index (χ0) is 26.2. The lowest BCUT2D eigenvalue weighted by Crippen LogP contribution is -2.24. The summed E-state index contributed by atoms with van der Waals surface area (Å²) in [5, 5.41) is 15.2. The molecular formula is C23H16Cl3N3O7. The zero-order valence-corrected chi connectivity index (χ0v) is 20.6. The number of amides is 1. The maximum absolute atomic E-state index is 12.4. The lowest BCUT2D eigenvalue weighted by Gasteiger charge is -2.10. The van der Waals surface area contributed by atoms with Crippen LogP contribution in [0.15, 0.2) is 59.7 Å². The predicted octanol–water partition coefficient (Wildman–Crippen LogP) is 5.31. The fourth-order valence-electron chi connectivity index (χ4n) is 2.74. The molecule has 3 aromatic rings. The summed E-state index contributed by atoms with van der Waals surface area (Å²) >= 11 is 17.8. The molecule has 0 spiro atoms. The van der Waals surface area contributed by atoms with Crippen molar-refractivity contribution >= 4 is 58.6 Å². The molecular weight excluding hydrogens is 537 g/mol. The van der Waals surface area contributed by atoms with Crippen molar-refractivity contribution in [2.24, 2.45) is 5.10 Å². The van der Waals surface area contributed by atoms with Crippen LogP contribution < -0.4 is 19.6 Å². The number of hydrogen-bond acceptors (Lipinski definition) is 8. The minimum atomic E-state index is -0.724. The normalized spacial score (nSPS) is 10.7. The number of hydrogen-bond donors (Lipinski definition) is 1. The second kappa shape index (κ2) is 12.2. The smallest absolute Gasteiger partial charge is 0.343 e. The van der Waals surface area contributed by atoms with E-state index in [4.69, 9.17) is 49.0 Å². The molecule has 186 valence electrons. The van der Waals surface area contributed by atoms with Gasteiger partial charge in [-0.2, -0.15) is 5.10 Å². The van der Waals surface area contributed by atoms with Crippen molar-refractivity contribution in [3.63, 3.8) is 0 Å². The van der Waals surface area contributed by atoms with Gasteiger partial charge in [0.1, 0.15) is 0 Å². The Bertz CT molecular complexity index is 1310. The summed E-state index contributed by atoms with van der Waals surface area (Å²) in [5.41, 5.74) is 2.78. The van der Waals surface area contributed by atoms with Crippen LogP contribution in [0.25, 0.3) is 0 Å². The highest BCUT2D eigenvalue weighted by atomic mass is 35.5. The van der Waals surface area contributed by atoms with E-state index in [9.17, 15) is 19.7 Å². The van der Waals surface area contributed by atoms with E-state index >= 15 is 0 Å². The molecule has 1 N–H and O–H groups in total. The van der Waals surface area contributed by atoms with Crippen molar-refractivity contribution in [1.29, 1.82) is 0 Å². The number of nitrogens with one attached hydrogen (secondary N) is 1. The second-order valence-electron chi connectivity index (χ2n) is 6.88. The molecule has 0 saturated carbocycles. The van der Waals surface area contributed by atoms with Crippen molar-refractivity contribution in [2.75, 3.05) is 13.7 Å². The summed E-state index contributed by atoms with van der Waals surface area (Å²) in [6.45, 7) is -0.404. The third-order valence-corrected chi connectivity index (χ3v) is 5.20. The average Bonchev–Trinajstić information content (AvgIpc) is 2.84. The van der Waals surface area contributed by atoms with Crippen molar-refractivity contribution in [2.45, 2.75) is 0 Å². The van der Waals surface area contributed by atoms with Gasteiger partial charge in [-0.1, -0.05) is 34.8 Å². The Hall–Kier alpha value is -3.86. The summed E-state index contributed by atoms with van der Waals surface area (Å²) < 4.78 is 15.9. The van der Waals surface area contributed by atoms with Gasteiger partial charge in [-0.3, -0.25) is 14.9 Å². The van der Waals surface area contributed by atoms with Crippen molar-refractivity contribution in [3.8, 4) is 17.2 Å². The van der Waals surface area contributed by atoms with Crippen LogP contribution in [0.2, 0.25) is 15.1 Å². The first kappa shape index (κ1) is 26.7. The summed E-state index contributed by atoms with van der Waals surface area (Å²) in [6, 6.07) is 12.4. The van der Waals surface area contributed by atoms with Gasteiger partial charge in [-0.15, -0.1) is 0 Å². The summed E-state index contributed by atoms with van der Waals surface area (Å²) in [6.07, 6.45) is 1.34. The van der Waals surface area contributed by atoms with E-state index < -0.39 is 23.4 Å². The minimum absolute atomic E-state index is 0.116. The molecule has 0 aromatic heterocycles. The van der Waals surface area contributed by atoms with Gasteiger partial charge in [0.2, 0.25) is 0 Å². The number of ether oxygens (including phenoxy) is 3. The van der Waals surface area contributed by atoms with E-state index in [0.29, 0.717) is 10.6 Å². The van der Waals surface area contributed by atoms with Crippen LogP contribution in [0, 0.1) is 10.1 Å². The largest absolute Gasteiger partial charge is 0.493 e. The maximum Gasteiger partial charge on any atom is 0.343 e. The van der Waals surface area contributed by atoms with E-state index in [1.807, 2.05) is 0 Å². The fraction of sp³-hybridized carbons (Fsp3) is 0.0870. The van der Waals surface area contributed by atoms with Gasteiger partial charge < -0.3 is 14.2 Å². The van der Waals surface area contributed by atoms with Gasteiger partial charge in [-0.25, -0.2) is 10.2 Å². The molecule has 10 nitrogen and oxygen atoms in total. The number of carbonyl (C=O) groups is 2. The Morgan fingerprint density at radius 1 is 1.03 bits per heavy atom. The number of nitro groups is 1. The second-order valence-corrected chi connectivity index (χ2v) is 8.14. The van der Waals surface area contributed by atoms with Crippen LogP contribution >= 0.6 is 34.8 Å². The molecule has 0 radical (unpaired) electrons. The Morgan fingerprint density at radius 2 is 1.69 bits per heavy atom. The van der Waals surface area contributed by atoms with Gasteiger partial charge in [0.15, 0.2) is 23.9 Å². The third-order valence-electron chi connectivity index (χ3n) is 4.42. The first-order valence-electron chi connectivity index (χ1n) is 9.92. The fourth-order valence-corrected chi connectivity index (χ4v) is 3.67. The standard InChI is InChI=1S/C23H16Cl3N3O7/c1-34-20-8-13(2-7-19(20)36-23(31)14-3-5-16(6-4-14)29(32)33)11-27-28-21(30)12-35-22-17(25)9-15(24)10-18(22)26/h2-11H,12H2,1H3,(H,28,30)/b27-11-. The quantitative estimate of drug-likeness (QED) is 0.125. The number of nitro benzene ring substituents is 1. The van der Waals surface area contributed by atoms with Gasteiger partial charge in [0.05, 0.1) is 33.9 Å². The van der Waals surface area contributed by atoms with E-state index in [1.54, 1.807) is 6.07 Å². The van der Waals surface area contributed by atoms with E-state index in [2.05, 4.69) is 10.5 Å². The van der Waals surface area contributed by atoms with Crippen LogP contribution in [0.5, 0.6) is 17.2 Å². The lowest BCUT2D eigenvalue weighted by atomic mass is 10.2. The summed E-state index contributed by atoms with van der Waals surface area (Å²) in [5.74, 6) is -0.847. The predicted molar refractivity (Wildman–Crippen MR) is 134 cm³/mol. The van der Waals surface area contributed by atoms with Crippen molar-refractivity contribution < 1.29 is 28.7 Å². The number of rotatable bonds is 9. The molecule has 0 bridgehead atoms. The molecule has 0 unspecified atom stereocenters. The molecule has 0 heterocycles. The summed E-state index contributed by atoms with van der Waals surface area (Å²) in [7, 11) is 1.38. The Kier molecular flexibility index (Phi) is 9.07. The first-order valence-corrected chi connectivity index (χ1v) is 11.0. The number of carbonyl (C=O) groups excluding carboxylic acids is 2. The SMILES string of the molecule is COc1cc(/C=N\NC(=O)COc2c(Cl)cc(Cl)cc2Cl)ccc1OC(=O)c1ccc([N+](=O)[O-])cc1. The minimum Gasteiger partial charge on any atom is -0.493 e. The number of nitrogens with zero attached hydrogens (tertiary/aromatic N) is 2. The average molecular weight is 553 g/mol. The third kappa shape index (κ3) is 7.08.